The molecule has 25 heavy (non-hydrogen) atoms. The number of para-hydroxylation sites is 1. The molecular weight excluding hydrogens is 360 g/mol. The Kier molecular flexibility index (Phi) is 6.02. The molecule has 0 spiro atoms. The number of nitrogens with one attached hydrogen (secondary N) is 2. The second kappa shape index (κ2) is 7.84. The molecule has 0 fully saturated rings. The van der Waals surface area contributed by atoms with E-state index in [1.54, 1.807) is 19.1 Å². The molecular formula is C17H15ClF4N2O. The highest BCUT2D eigenvalue weighted by atomic mass is 35.5. The van der Waals surface area contributed by atoms with Crippen LogP contribution in [0.15, 0.2) is 42.5 Å². The van der Waals surface area contributed by atoms with Crippen LogP contribution < -0.4 is 10.6 Å². The molecule has 0 aliphatic rings. The van der Waals surface area contributed by atoms with Crippen LogP contribution in [0.25, 0.3) is 0 Å². The van der Waals surface area contributed by atoms with Crippen molar-refractivity contribution in [3.05, 3.63) is 64.4 Å². The fraction of sp³-hybridized carbons (Fsp3) is 0.235. The number of hydrogen-bond donors (Lipinski definition) is 2. The maximum Gasteiger partial charge on any atom is 0.418 e. The maximum absolute atomic E-state index is 13.0. The summed E-state index contributed by atoms with van der Waals surface area (Å²) >= 11 is 5.78. The van der Waals surface area contributed by atoms with Crippen LogP contribution in [0.4, 0.5) is 23.2 Å². The van der Waals surface area contributed by atoms with E-state index in [0.29, 0.717) is 0 Å². The van der Waals surface area contributed by atoms with Gasteiger partial charge in [-0.3, -0.25) is 4.79 Å². The standard InChI is InChI=1S/C17H15ClF4N2O/c1-10(11-5-7-12(19)8-6-11)23-9-15(25)24-16-13(17(20,21)22)3-2-4-14(16)18/h2-8,10,23H,9H2,1H3,(H,24,25). The van der Waals surface area contributed by atoms with Crippen LogP contribution in [-0.2, 0) is 11.0 Å². The van der Waals surface area contributed by atoms with Gasteiger partial charge >= 0.3 is 6.18 Å². The third kappa shape index (κ3) is 5.17. The van der Waals surface area contributed by atoms with Gasteiger partial charge in [0.15, 0.2) is 0 Å². The Bertz CT molecular complexity index is 747. The van der Waals surface area contributed by atoms with E-state index in [1.807, 2.05) is 0 Å². The third-order valence-corrected chi connectivity index (χ3v) is 3.84. The molecule has 2 rings (SSSR count). The van der Waals surface area contributed by atoms with Crippen molar-refractivity contribution in [2.75, 3.05) is 11.9 Å². The highest BCUT2D eigenvalue weighted by Crippen LogP contribution is 2.38. The lowest BCUT2D eigenvalue weighted by Crippen LogP contribution is -2.30. The fourth-order valence-electron chi connectivity index (χ4n) is 2.19. The monoisotopic (exact) mass is 374 g/mol. The van der Waals surface area contributed by atoms with Crippen LogP contribution in [0.2, 0.25) is 5.02 Å². The minimum absolute atomic E-state index is 0.199. The number of rotatable bonds is 5. The number of alkyl halides is 3. The Balaban J connectivity index is 2.02. The summed E-state index contributed by atoms with van der Waals surface area (Å²) in [4.78, 5) is 12.0. The molecule has 2 N–H and O–H groups in total. The molecule has 0 aromatic heterocycles. The summed E-state index contributed by atoms with van der Waals surface area (Å²) < 4.78 is 51.9. The van der Waals surface area contributed by atoms with E-state index in [-0.39, 0.29) is 23.4 Å². The van der Waals surface area contributed by atoms with E-state index in [4.69, 9.17) is 11.6 Å². The zero-order valence-corrected chi connectivity index (χ0v) is 13.9. The third-order valence-electron chi connectivity index (χ3n) is 3.52. The fourth-order valence-corrected chi connectivity index (χ4v) is 2.41. The zero-order chi connectivity index (χ0) is 18.6. The normalized spacial score (nSPS) is 12.7. The van der Waals surface area contributed by atoms with Crippen molar-refractivity contribution in [3.63, 3.8) is 0 Å². The maximum atomic E-state index is 13.0. The number of amides is 1. The zero-order valence-electron chi connectivity index (χ0n) is 13.1. The second-order valence-electron chi connectivity index (χ2n) is 5.36. The van der Waals surface area contributed by atoms with E-state index < -0.39 is 23.3 Å². The van der Waals surface area contributed by atoms with Crippen molar-refractivity contribution in [2.45, 2.75) is 19.1 Å². The number of halogens is 5. The number of hydrogen-bond acceptors (Lipinski definition) is 2. The first-order chi connectivity index (χ1) is 11.7. The molecule has 0 radical (unpaired) electrons. The molecule has 1 amide bonds. The lowest BCUT2D eigenvalue weighted by molar-refractivity contribution is -0.137. The number of benzene rings is 2. The lowest BCUT2D eigenvalue weighted by Gasteiger charge is -2.17. The van der Waals surface area contributed by atoms with Gasteiger partial charge in [-0.25, -0.2) is 4.39 Å². The average molecular weight is 375 g/mol. The molecule has 3 nitrogen and oxygen atoms in total. The predicted octanol–water partition coefficient (Wildman–Crippen LogP) is 4.79. The van der Waals surface area contributed by atoms with E-state index in [2.05, 4.69) is 10.6 Å². The number of carbonyl (C=O) groups is 1. The average Bonchev–Trinajstić information content (AvgIpc) is 2.54. The molecule has 0 aliphatic heterocycles. The molecule has 1 atom stereocenters. The molecule has 0 aliphatic carbocycles. The van der Waals surface area contributed by atoms with Crippen LogP contribution in [-0.4, -0.2) is 12.5 Å². The molecule has 1 unspecified atom stereocenters. The molecule has 0 saturated heterocycles. The number of carbonyl (C=O) groups excluding carboxylic acids is 1. The van der Waals surface area contributed by atoms with Crippen molar-refractivity contribution >= 4 is 23.2 Å². The van der Waals surface area contributed by atoms with Gasteiger partial charge in [-0.2, -0.15) is 13.2 Å². The summed E-state index contributed by atoms with van der Waals surface area (Å²) in [6.07, 6.45) is -4.64. The summed E-state index contributed by atoms with van der Waals surface area (Å²) in [5, 5.41) is 4.85. The molecule has 134 valence electrons. The van der Waals surface area contributed by atoms with E-state index in [1.165, 1.54) is 18.2 Å². The van der Waals surface area contributed by atoms with Gasteiger partial charge in [0.1, 0.15) is 5.82 Å². The minimum Gasteiger partial charge on any atom is -0.323 e. The first-order valence-corrected chi connectivity index (χ1v) is 7.70. The Morgan fingerprint density at radius 1 is 1.16 bits per heavy atom. The van der Waals surface area contributed by atoms with Gasteiger partial charge in [0.2, 0.25) is 5.91 Å². The Morgan fingerprint density at radius 2 is 1.80 bits per heavy atom. The Labute approximate surface area is 147 Å². The van der Waals surface area contributed by atoms with Crippen LogP contribution in [0.3, 0.4) is 0 Å². The summed E-state index contributed by atoms with van der Waals surface area (Å²) in [7, 11) is 0. The molecule has 8 heteroatoms. The molecule has 0 heterocycles. The van der Waals surface area contributed by atoms with Gasteiger partial charge in [-0.05, 0) is 36.8 Å². The van der Waals surface area contributed by atoms with Crippen LogP contribution in [0.1, 0.15) is 24.1 Å². The summed E-state index contributed by atoms with van der Waals surface area (Å²) in [6, 6.07) is 8.66. The summed E-state index contributed by atoms with van der Waals surface area (Å²) in [5.41, 5.74) is -0.749. The molecule has 2 aromatic rings. The van der Waals surface area contributed by atoms with Gasteiger partial charge in [0, 0.05) is 6.04 Å². The van der Waals surface area contributed by atoms with Crippen molar-refractivity contribution in [2.24, 2.45) is 0 Å². The smallest absolute Gasteiger partial charge is 0.323 e. The first-order valence-electron chi connectivity index (χ1n) is 7.33. The second-order valence-corrected chi connectivity index (χ2v) is 5.77. The summed E-state index contributed by atoms with van der Waals surface area (Å²) in [6.45, 7) is 1.51. The predicted molar refractivity (Wildman–Crippen MR) is 87.9 cm³/mol. The summed E-state index contributed by atoms with van der Waals surface area (Å²) in [5.74, 6) is -1.06. The number of anilines is 1. The van der Waals surface area contributed by atoms with Crippen LogP contribution in [0.5, 0.6) is 0 Å². The van der Waals surface area contributed by atoms with E-state index >= 15 is 0 Å². The molecule has 0 bridgehead atoms. The van der Waals surface area contributed by atoms with Crippen LogP contribution >= 0.6 is 11.6 Å². The van der Waals surface area contributed by atoms with Crippen LogP contribution in [0, 0.1) is 5.82 Å². The van der Waals surface area contributed by atoms with Gasteiger partial charge < -0.3 is 10.6 Å². The van der Waals surface area contributed by atoms with Crippen molar-refractivity contribution < 1.29 is 22.4 Å². The first kappa shape index (κ1) is 19.2. The Morgan fingerprint density at radius 3 is 2.40 bits per heavy atom. The van der Waals surface area contributed by atoms with E-state index in [0.717, 1.165) is 17.7 Å². The van der Waals surface area contributed by atoms with Crippen molar-refractivity contribution in [3.8, 4) is 0 Å². The molecule has 2 aromatic carbocycles. The molecule has 0 saturated carbocycles. The van der Waals surface area contributed by atoms with E-state index in [9.17, 15) is 22.4 Å². The highest BCUT2D eigenvalue weighted by molar-refractivity contribution is 6.34. The SMILES string of the molecule is CC(NCC(=O)Nc1c(Cl)cccc1C(F)(F)F)c1ccc(F)cc1. The van der Waals surface area contributed by atoms with Crippen molar-refractivity contribution in [1.82, 2.24) is 5.32 Å². The Hall–Kier alpha value is -2.12. The van der Waals surface area contributed by atoms with Gasteiger partial charge in [-0.15, -0.1) is 0 Å². The topological polar surface area (TPSA) is 41.1 Å². The lowest BCUT2D eigenvalue weighted by atomic mass is 10.1. The largest absolute Gasteiger partial charge is 0.418 e. The van der Waals surface area contributed by atoms with Gasteiger partial charge in [0.05, 0.1) is 22.8 Å². The van der Waals surface area contributed by atoms with Gasteiger partial charge in [0.25, 0.3) is 0 Å². The van der Waals surface area contributed by atoms with Gasteiger partial charge in [-0.1, -0.05) is 29.8 Å². The minimum atomic E-state index is -4.64. The van der Waals surface area contributed by atoms with Crippen molar-refractivity contribution in [1.29, 1.82) is 0 Å². The highest BCUT2D eigenvalue weighted by Gasteiger charge is 2.34. The quantitative estimate of drug-likeness (QED) is 0.739.